The number of esters is 3. The Morgan fingerprint density at radius 1 is 0.864 bits per heavy atom. The van der Waals surface area contributed by atoms with E-state index in [0.717, 1.165) is 4.57 Å². The molecule has 4 aromatic rings. The average Bonchev–Trinajstić information content (AvgIpc) is 3.33. The monoisotopic (exact) mass is 595 g/mol. The summed E-state index contributed by atoms with van der Waals surface area (Å²) in [6.07, 6.45) is -3.48. The molecule has 0 bridgehead atoms. The number of ether oxygens (including phenoxy) is 4. The van der Waals surface area contributed by atoms with Crippen LogP contribution in [0.2, 0.25) is 0 Å². The van der Waals surface area contributed by atoms with Gasteiger partial charge in [-0.2, -0.15) is 4.98 Å². The number of azide groups is 1. The fourth-order valence-electron chi connectivity index (χ4n) is 4.59. The highest BCUT2D eigenvalue weighted by atomic mass is 16.7. The lowest BCUT2D eigenvalue weighted by atomic mass is 10.0. The van der Waals surface area contributed by atoms with Crippen molar-refractivity contribution in [1.29, 1.82) is 0 Å². The van der Waals surface area contributed by atoms with Gasteiger partial charge in [-0.1, -0.05) is 59.7 Å². The molecule has 0 radical (unpaired) electrons. The highest BCUT2D eigenvalue weighted by molar-refractivity contribution is 5.91. The molecule has 1 aliphatic rings. The molecule has 1 fully saturated rings. The van der Waals surface area contributed by atoms with Gasteiger partial charge in [-0.15, -0.1) is 0 Å². The Hall–Kier alpha value is -5.78. The zero-order chi connectivity index (χ0) is 31.1. The smallest absolute Gasteiger partial charge is 0.350 e. The van der Waals surface area contributed by atoms with Gasteiger partial charge in [0.15, 0.2) is 18.4 Å². The third-order valence-electron chi connectivity index (χ3n) is 6.72. The Morgan fingerprint density at radius 3 is 1.91 bits per heavy atom. The molecule has 0 amide bonds. The van der Waals surface area contributed by atoms with E-state index in [1.807, 2.05) is 0 Å². The predicted octanol–water partition coefficient (Wildman–Crippen LogP) is 4.40. The first-order valence-electron chi connectivity index (χ1n) is 13.4. The molecule has 222 valence electrons. The van der Waals surface area contributed by atoms with E-state index in [1.165, 1.54) is 48.7 Å². The maximum Gasteiger partial charge on any atom is 0.350 e. The van der Waals surface area contributed by atoms with Gasteiger partial charge in [0.05, 0.1) is 16.7 Å². The van der Waals surface area contributed by atoms with E-state index >= 15 is 0 Å². The van der Waals surface area contributed by atoms with Crippen LogP contribution in [-0.4, -0.2) is 52.0 Å². The molecule has 1 aliphatic heterocycles. The number of benzene rings is 3. The SMILES string of the molecule is Cc1ccn([C@@H]2O[C@@](COC(=O)c3ccccc3)(N=[N+]=[N-])[C@@H](OC(=O)c3ccccc3)[C@H]2OC(=O)c2ccccc2)c(=O)n1. The molecule has 3 aromatic carbocycles. The average molecular weight is 596 g/mol. The maximum absolute atomic E-state index is 13.4. The number of hydrogen-bond acceptors (Lipinski definition) is 10. The van der Waals surface area contributed by atoms with Crippen molar-refractivity contribution in [2.75, 3.05) is 6.61 Å². The van der Waals surface area contributed by atoms with Crippen LogP contribution in [0.15, 0.2) is 113 Å². The summed E-state index contributed by atoms with van der Waals surface area (Å²) in [5, 5.41) is 3.78. The minimum Gasteiger partial charge on any atom is -0.459 e. The molecule has 1 saturated heterocycles. The molecule has 0 unspecified atom stereocenters. The minimum atomic E-state index is -2.29. The number of carbonyl (C=O) groups is 3. The summed E-state index contributed by atoms with van der Waals surface area (Å²) in [5.74, 6) is -2.54. The fraction of sp³-hybridized carbons (Fsp3) is 0.194. The van der Waals surface area contributed by atoms with Crippen molar-refractivity contribution < 1.29 is 33.3 Å². The zero-order valence-electron chi connectivity index (χ0n) is 23.3. The van der Waals surface area contributed by atoms with Crippen LogP contribution < -0.4 is 5.69 Å². The molecule has 0 aliphatic carbocycles. The fourth-order valence-corrected chi connectivity index (χ4v) is 4.59. The summed E-state index contributed by atoms with van der Waals surface area (Å²) in [5.41, 5.74) is 7.41. The second-order valence-electron chi connectivity index (χ2n) is 9.67. The molecule has 2 heterocycles. The molecule has 5 rings (SSSR count). The van der Waals surface area contributed by atoms with Crippen LogP contribution in [-0.2, 0) is 18.9 Å². The third-order valence-corrected chi connectivity index (χ3v) is 6.72. The Morgan fingerprint density at radius 2 is 1.39 bits per heavy atom. The summed E-state index contributed by atoms with van der Waals surface area (Å²) in [6.45, 7) is 0.827. The molecule has 13 nitrogen and oxygen atoms in total. The minimum absolute atomic E-state index is 0.120. The first-order valence-corrected chi connectivity index (χ1v) is 13.4. The molecule has 4 atom stereocenters. The van der Waals surface area contributed by atoms with Gasteiger partial charge in [-0.05, 0) is 54.9 Å². The van der Waals surface area contributed by atoms with Crippen LogP contribution in [0, 0.1) is 6.92 Å². The number of hydrogen-bond donors (Lipinski definition) is 0. The number of rotatable bonds is 9. The standard InChI is InChI=1S/C31H25N5O8/c1-20-17-18-36(30(40)33-20)26-24(42-28(38)22-13-7-3-8-14-22)25(43-29(39)23-15-9-4-10-16-23)31(44-26,34-35-32)19-41-27(37)21-11-5-2-6-12-21/h2-18,24-26H,19H2,1H3/t24-,25+,26-,31-/m1/s1. The number of aromatic nitrogens is 2. The van der Waals surface area contributed by atoms with Gasteiger partial charge in [0.2, 0.25) is 5.72 Å². The summed E-state index contributed by atoms with van der Waals surface area (Å²) < 4.78 is 24.3. The molecular formula is C31H25N5O8. The van der Waals surface area contributed by atoms with Crippen LogP contribution in [0.5, 0.6) is 0 Å². The topological polar surface area (TPSA) is 172 Å². The van der Waals surface area contributed by atoms with Crippen molar-refractivity contribution in [3.8, 4) is 0 Å². The van der Waals surface area contributed by atoms with E-state index in [2.05, 4.69) is 15.0 Å². The lowest BCUT2D eigenvalue weighted by molar-refractivity contribution is -0.129. The van der Waals surface area contributed by atoms with Crippen LogP contribution in [0.25, 0.3) is 10.4 Å². The number of carbonyl (C=O) groups excluding carboxylic acids is 3. The van der Waals surface area contributed by atoms with Gasteiger partial charge in [0, 0.05) is 16.8 Å². The Balaban J connectivity index is 1.61. The predicted molar refractivity (Wildman–Crippen MR) is 153 cm³/mol. The van der Waals surface area contributed by atoms with Gasteiger partial charge in [-0.25, -0.2) is 19.2 Å². The van der Waals surface area contributed by atoms with E-state index in [-0.39, 0.29) is 16.7 Å². The van der Waals surface area contributed by atoms with Crippen LogP contribution in [0.1, 0.15) is 43.0 Å². The summed E-state index contributed by atoms with van der Waals surface area (Å²) in [7, 11) is 0. The first kappa shape index (κ1) is 29.7. The van der Waals surface area contributed by atoms with Crippen LogP contribution >= 0.6 is 0 Å². The molecule has 44 heavy (non-hydrogen) atoms. The van der Waals surface area contributed by atoms with E-state index < -0.39 is 54.4 Å². The second kappa shape index (κ2) is 13.0. The second-order valence-corrected chi connectivity index (χ2v) is 9.67. The molecule has 13 heteroatoms. The van der Waals surface area contributed by atoms with Crippen molar-refractivity contribution in [3.05, 3.63) is 147 Å². The lowest BCUT2D eigenvalue weighted by Crippen LogP contribution is -2.49. The zero-order valence-corrected chi connectivity index (χ0v) is 23.3. The summed E-state index contributed by atoms with van der Waals surface area (Å²) in [6, 6.07) is 25.3. The number of aryl methyl sites for hydroxylation is 1. The number of nitrogens with zero attached hydrogens (tertiary/aromatic N) is 5. The van der Waals surface area contributed by atoms with Gasteiger partial charge in [0.25, 0.3) is 0 Å². The quantitative estimate of drug-likeness (QED) is 0.0894. The van der Waals surface area contributed by atoms with Crippen molar-refractivity contribution in [2.45, 2.75) is 31.1 Å². The van der Waals surface area contributed by atoms with Crippen molar-refractivity contribution >= 4 is 17.9 Å². The molecule has 1 aromatic heterocycles. The lowest BCUT2D eigenvalue weighted by Gasteiger charge is -2.29. The van der Waals surface area contributed by atoms with Gasteiger partial charge in [0.1, 0.15) is 6.61 Å². The Labute approximate surface area is 250 Å². The third kappa shape index (κ3) is 6.33. The Kier molecular flexibility index (Phi) is 8.80. The Bertz CT molecular complexity index is 1760. The van der Waals surface area contributed by atoms with E-state index in [9.17, 15) is 24.7 Å². The van der Waals surface area contributed by atoms with Gasteiger partial charge in [-0.3, -0.25) is 4.57 Å². The first-order chi connectivity index (χ1) is 21.3. The van der Waals surface area contributed by atoms with E-state index in [0.29, 0.717) is 5.69 Å². The van der Waals surface area contributed by atoms with Gasteiger partial charge >= 0.3 is 23.6 Å². The molecule has 0 spiro atoms. The van der Waals surface area contributed by atoms with Crippen molar-refractivity contribution in [3.63, 3.8) is 0 Å². The normalized spacial score (nSPS) is 20.6. The van der Waals surface area contributed by atoms with Crippen molar-refractivity contribution in [1.82, 2.24) is 9.55 Å². The highest BCUT2D eigenvalue weighted by Crippen LogP contribution is 2.42. The molecular weight excluding hydrogens is 570 g/mol. The van der Waals surface area contributed by atoms with E-state index in [4.69, 9.17) is 18.9 Å². The summed E-state index contributed by atoms with van der Waals surface area (Å²) in [4.78, 5) is 59.4. The van der Waals surface area contributed by atoms with E-state index in [1.54, 1.807) is 61.5 Å². The highest BCUT2D eigenvalue weighted by Gasteiger charge is 2.61. The van der Waals surface area contributed by atoms with Gasteiger partial charge < -0.3 is 18.9 Å². The van der Waals surface area contributed by atoms with Crippen LogP contribution in [0.4, 0.5) is 0 Å². The maximum atomic E-state index is 13.4. The summed E-state index contributed by atoms with van der Waals surface area (Å²) >= 11 is 0. The largest absolute Gasteiger partial charge is 0.459 e. The van der Waals surface area contributed by atoms with Crippen molar-refractivity contribution in [2.24, 2.45) is 5.11 Å². The van der Waals surface area contributed by atoms with Crippen LogP contribution in [0.3, 0.4) is 0 Å². The molecule has 0 N–H and O–H groups in total. The molecule has 0 saturated carbocycles.